The Morgan fingerprint density at radius 1 is 1.25 bits per heavy atom. The van der Waals surface area contributed by atoms with Crippen LogP contribution in [0.25, 0.3) is 5.70 Å². The Balaban J connectivity index is 1.37. The van der Waals surface area contributed by atoms with Crippen LogP contribution in [0.2, 0.25) is 4.34 Å². The Kier molecular flexibility index (Phi) is 6.36. The quantitative estimate of drug-likeness (QED) is 0.349. The molecule has 32 heavy (non-hydrogen) atoms. The molecule has 1 amide bonds. The normalized spacial score (nSPS) is 17.5. The van der Waals surface area contributed by atoms with Crippen molar-refractivity contribution >= 4 is 40.4 Å². The maximum absolute atomic E-state index is 12.3. The monoisotopic (exact) mass is 470 g/mol. The van der Waals surface area contributed by atoms with Gasteiger partial charge in [0.2, 0.25) is 0 Å². The summed E-state index contributed by atoms with van der Waals surface area (Å²) in [6.07, 6.45) is 3.57. The number of hydroxylamine groups is 1. The van der Waals surface area contributed by atoms with E-state index in [0.29, 0.717) is 28.1 Å². The number of rotatable bonds is 7. The van der Waals surface area contributed by atoms with Gasteiger partial charge in [-0.3, -0.25) is 20.5 Å². The summed E-state index contributed by atoms with van der Waals surface area (Å²) in [5.41, 5.74) is 4.79. The van der Waals surface area contributed by atoms with Crippen LogP contribution in [0, 0.1) is 5.41 Å². The third kappa shape index (κ3) is 5.04. The molecule has 0 spiro atoms. The van der Waals surface area contributed by atoms with Crippen LogP contribution in [0.3, 0.4) is 0 Å². The Hall–Kier alpha value is -3.07. The molecule has 9 heteroatoms. The molecular weight excluding hydrogens is 448 g/mol. The van der Waals surface area contributed by atoms with Crippen LogP contribution in [-0.4, -0.2) is 35.8 Å². The molecule has 7 nitrogen and oxygen atoms in total. The zero-order valence-electron chi connectivity index (χ0n) is 17.6. The Bertz CT molecular complexity index is 1140. The van der Waals surface area contributed by atoms with Crippen LogP contribution in [-0.2, 0) is 11.4 Å². The highest BCUT2D eigenvalue weighted by molar-refractivity contribution is 7.18. The molecule has 3 N–H and O–H groups in total. The molecule has 2 aromatic heterocycles. The molecule has 0 fully saturated rings. The van der Waals surface area contributed by atoms with Gasteiger partial charge in [-0.05, 0) is 42.8 Å². The molecule has 0 radical (unpaired) electrons. The number of furan rings is 1. The first-order valence-electron chi connectivity index (χ1n) is 9.96. The molecular formula is C23H23ClN4O3S. The van der Waals surface area contributed by atoms with E-state index in [1.807, 2.05) is 61.3 Å². The second-order valence-corrected chi connectivity index (χ2v) is 9.44. The van der Waals surface area contributed by atoms with Gasteiger partial charge in [-0.2, -0.15) is 0 Å². The third-order valence-corrected chi connectivity index (χ3v) is 6.29. The highest BCUT2D eigenvalue weighted by Crippen LogP contribution is 2.26. The fourth-order valence-electron chi connectivity index (χ4n) is 3.29. The molecule has 1 aromatic carbocycles. The molecule has 1 atom stereocenters. The number of thiophene rings is 1. The number of halogens is 1. The van der Waals surface area contributed by atoms with Gasteiger partial charge < -0.3 is 14.6 Å². The number of nitrogens with zero attached hydrogens (tertiary/aromatic N) is 1. The summed E-state index contributed by atoms with van der Waals surface area (Å²) in [6.45, 7) is 2.72. The van der Waals surface area contributed by atoms with Crippen molar-refractivity contribution < 1.29 is 14.0 Å². The van der Waals surface area contributed by atoms with Gasteiger partial charge in [-0.25, -0.2) is 0 Å². The van der Waals surface area contributed by atoms with Crippen molar-refractivity contribution in [1.82, 2.24) is 15.7 Å². The standard InChI is InChI=1S/C23H23ClN4O3S/c1-23(14-26-22(29)19-9-10-20(24)32-19)12-18(27-31-23)15-5-7-16(8-6-15)21(25)28(2)13-17-4-3-11-30-17/h3-12,25,27H,13-14H2,1-2H3,(H,26,29). The van der Waals surface area contributed by atoms with Crippen molar-refractivity contribution in [1.29, 1.82) is 5.41 Å². The summed E-state index contributed by atoms with van der Waals surface area (Å²) in [4.78, 5) is 20.4. The lowest BCUT2D eigenvalue weighted by atomic mass is 10.0. The van der Waals surface area contributed by atoms with E-state index in [1.54, 1.807) is 18.4 Å². The van der Waals surface area contributed by atoms with Crippen molar-refractivity contribution in [2.75, 3.05) is 13.6 Å². The number of amidine groups is 1. The van der Waals surface area contributed by atoms with Gasteiger partial charge in [0.25, 0.3) is 5.91 Å². The molecule has 4 rings (SSSR count). The number of hydrogen-bond acceptors (Lipinski definition) is 6. The molecule has 1 aliphatic heterocycles. The van der Waals surface area contributed by atoms with Crippen LogP contribution in [0.1, 0.15) is 33.5 Å². The molecule has 0 bridgehead atoms. The van der Waals surface area contributed by atoms with Crippen molar-refractivity contribution in [2.45, 2.75) is 19.1 Å². The lowest BCUT2D eigenvalue weighted by Crippen LogP contribution is -2.40. The van der Waals surface area contributed by atoms with Crippen molar-refractivity contribution in [2.24, 2.45) is 0 Å². The van der Waals surface area contributed by atoms with Crippen LogP contribution in [0.5, 0.6) is 0 Å². The average molecular weight is 471 g/mol. The van der Waals surface area contributed by atoms with Gasteiger partial charge in [0, 0.05) is 12.6 Å². The number of carbonyl (C=O) groups excluding carboxylic acids is 1. The van der Waals surface area contributed by atoms with E-state index in [0.717, 1.165) is 22.6 Å². The first-order valence-corrected chi connectivity index (χ1v) is 11.2. The fourth-order valence-corrected chi connectivity index (χ4v) is 4.25. The van der Waals surface area contributed by atoms with Crippen LogP contribution in [0.15, 0.2) is 65.3 Å². The van der Waals surface area contributed by atoms with Gasteiger partial charge in [0.05, 0.1) is 34.3 Å². The predicted octanol–water partition coefficient (Wildman–Crippen LogP) is 4.52. The summed E-state index contributed by atoms with van der Waals surface area (Å²) in [6, 6.07) is 14.8. The number of amides is 1. The predicted molar refractivity (Wildman–Crippen MR) is 126 cm³/mol. The van der Waals surface area contributed by atoms with E-state index in [1.165, 1.54) is 11.3 Å². The van der Waals surface area contributed by atoms with E-state index in [2.05, 4.69) is 10.8 Å². The van der Waals surface area contributed by atoms with E-state index in [9.17, 15) is 4.79 Å². The molecule has 0 saturated carbocycles. The average Bonchev–Trinajstić information content (AvgIpc) is 3.54. The Labute approximate surface area is 195 Å². The summed E-state index contributed by atoms with van der Waals surface area (Å²) < 4.78 is 5.93. The zero-order valence-corrected chi connectivity index (χ0v) is 19.2. The minimum atomic E-state index is -0.694. The van der Waals surface area contributed by atoms with Gasteiger partial charge in [0.15, 0.2) is 0 Å². The van der Waals surface area contributed by atoms with Crippen LogP contribution in [0.4, 0.5) is 0 Å². The van der Waals surface area contributed by atoms with Gasteiger partial charge in [0.1, 0.15) is 17.2 Å². The highest BCUT2D eigenvalue weighted by Gasteiger charge is 2.31. The molecule has 3 heterocycles. The molecule has 0 aliphatic carbocycles. The summed E-state index contributed by atoms with van der Waals surface area (Å²) in [7, 11) is 1.86. The van der Waals surface area contributed by atoms with E-state index in [4.69, 9.17) is 26.3 Å². The first kappa shape index (κ1) is 22.1. The third-order valence-electron chi connectivity index (χ3n) is 5.06. The molecule has 166 valence electrons. The van der Waals surface area contributed by atoms with Gasteiger partial charge in [-0.15, -0.1) is 11.3 Å². The fraction of sp³-hybridized carbons (Fsp3) is 0.217. The molecule has 0 saturated heterocycles. The summed E-state index contributed by atoms with van der Waals surface area (Å²) in [5, 5.41) is 11.3. The van der Waals surface area contributed by atoms with E-state index in [-0.39, 0.29) is 5.91 Å². The minimum Gasteiger partial charge on any atom is -0.467 e. The van der Waals surface area contributed by atoms with Crippen molar-refractivity contribution in [3.8, 4) is 0 Å². The topological polar surface area (TPSA) is 90.6 Å². The van der Waals surface area contributed by atoms with E-state index < -0.39 is 5.60 Å². The highest BCUT2D eigenvalue weighted by atomic mass is 35.5. The van der Waals surface area contributed by atoms with Crippen LogP contribution < -0.4 is 10.8 Å². The molecule has 1 unspecified atom stereocenters. The summed E-state index contributed by atoms with van der Waals surface area (Å²) >= 11 is 7.14. The largest absolute Gasteiger partial charge is 0.467 e. The maximum Gasteiger partial charge on any atom is 0.261 e. The Morgan fingerprint density at radius 2 is 2.03 bits per heavy atom. The smallest absolute Gasteiger partial charge is 0.261 e. The second kappa shape index (κ2) is 9.20. The maximum atomic E-state index is 12.3. The number of benzene rings is 1. The first-order chi connectivity index (χ1) is 15.3. The lowest BCUT2D eigenvalue weighted by molar-refractivity contribution is -0.0194. The lowest BCUT2D eigenvalue weighted by Gasteiger charge is -2.20. The number of nitrogens with one attached hydrogen (secondary N) is 3. The molecule has 3 aromatic rings. The second-order valence-electron chi connectivity index (χ2n) is 7.72. The Morgan fingerprint density at radius 3 is 2.69 bits per heavy atom. The van der Waals surface area contributed by atoms with Crippen molar-refractivity contribution in [3.05, 3.63) is 87.0 Å². The van der Waals surface area contributed by atoms with Gasteiger partial charge in [-0.1, -0.05) is 35.9 Å². The zero-order chi connectivity index (χ0) is 22.7. The number of carbonyl (C=O) groups is 1. The molecule has 1 aliphatic rings. The number of hydrogen-bond donors (Lipinski definition) is 3. The SMILES string of the molecule is CN(Cc1ccco1)C(=N)c1ccc(C2=CC(C)(CNC(=O)c3ccc(Cl)s3)ON2)cc1. The van der Waals surface area contributed by atoms with Crippen LogP contribution >= 0.6 is 22.9 Å². The van der Waals surface area contributed by atoms with Gasteiger partial charge >= 0.3 is 0 Å². The summed E-state index contributed by atoms with van der Waals surface area (Å²) in [5.74, 6) is 1.02. The van der Waals surface area contributed by atoms with E-state index >= 15 is 0 Å². The minimum absolute atomic E-state index is 0.185. The van der Waals surface area contributed by atoms with Crippen molar-refractivity contribution in [3.63, 3.8) is 0 Å².